The van der Waals surface area contributed by atoms with Crippen molar-refractivity contribution in [3.05, 3.63) is 173 Å². The molecule has 2 heteroatoms. The van der Waals surface area contributed by atoms with Gasteiger partial charge < -0.3 is 9.32 Å². The lowest BCUT2D eigenvalue weighted by molar-refractivity contribution is -0.0399. The summed E-state index contributed by atoms with van der Waals surface area (Å²) >= 11 is 0. The van der Waals surface area contributed by atoms with Gasteiger partial charge in [-0.05, 0) is 176 Å². The Morgan fingerprint density at radius 2 is 1.12 bits per heavy atom. The quantitative estimate of drug-likeness (QED) is 0.172. The van der Waals surface area contributed by atoms with Crippen LogP contribution in [0.1, 0.15) is 120 Å². The van der Waals surface area contributed by atoms with Crippen molar-refractivity contribution in [1.29, 1.82) is 0 Å². The topological polar surface area (TPSA) is 16.4 Å². The normalized spacial score (nSPS) is 23.2. The molecule has 318 valence electrons. The zero-order valence-corrected chi connectivity index (χ0v) is 38.6. The van der Waals surface area contributed by atoms with Crippen molar-refractivity contribution in [2.24, 2.45) is 23.7 Å². The number of rotatable bonds is 5. The summed E-state index contributed by atoms with van der Waals surface area (Å²) in [7, 11) is 0. The fourth-order valence-corrected chi connectivity index (χ4v) is 14.4. The van der Waals surface area contributed by atoms with Gasteiger partial charge in [-0.3, -0.25) is 0 Å². The predicted octanol–water partition coefficient (Wildman–Crippen LogP) is 17.2. The molecule has 0 unspecified atom stereocenters. The molecule has 1 spiro atoms. The molecule has 6 aliphatic rings. The summed E-state index contributed by atoms with van der Waals surface area (Å²) in [5.74, 6) is 3.47. The molecule has 4 bridgehead atoms. The molecule has 1 heterocycles. The Balaban J connectivity index is 1.04. The molecule has 2 nitrogen and oxygen atoms in total. The van der Waals surface area contributed by atoms with Crippen LogP contribution in [0.25, 0.3) is 55.3 Å². The van der Waals surface area contributed by atoms with Gasteiger partial charge in [0.05, 0.1) is 5.69 Å². The number of hydrogen-bond donors (Lipinski definition) is 0. The summed E-state index contributed by atoms with van der Waals surface area (Å²) in [5, 5.41) is 2.34. The van der Waals surface area contributed by atoms with Crippen LogP contribution >= 0.6 is 0 Å². The minimum Gasteiger partial charge on any atom is -0.454 e. The largest absolute Gasteiger partial charge is 0.454 e. The molecule has 0 saturated heterocycles. The van der Waals surface area contributed by atoms with Crippen LogP contribution in [0, 0.1) is 23.7 Å². The van der Waals surface area contributed by atoms with E-state index in [1.54, 1.807) is 11.1 Å². The van der Waals surface area contributed by atoms with Crippen LogP contribution in [0.4, 0.5) is 17.1 Å². The molecule has 1 aromatic heterocycles. The van der Waals surface area contributed by atoms with Crippen LogP contribution in [-0.4, -0.2) is 0 Å². The van der Waals surface area contributed by atoms with Crippen molar-refractivity contribution in [3.63, 3.8) is 0 Å². The van der Waals surface area contributed by atoms with Crippen molar-refractivity contribution >= 4 is 39.0 Å². The lowest BCUT2D eigenvalue weighted by Gasteiger charge is -2.61. The van der Waals surface area contributed by atoms with Gasteiger partial charge in [0.25, 0.3) is 0 Å². The Morgan fingerprint density at radius 1 is 0.531 bits per heavy atom. The molecule has 6 aliphatic carbocycles. The van der Waals surface area contributed by atoms with Gasteiger partial charge in [-0.25, -0.2) is 0 Å². The average Bonchev–Trinajstić information content (AvgIpc) is 3.89. The minimum absolute atomic E-state index is 0.0711. The third-order valence-corrected chi connectivity index (χ3v) is 17.2. The Kier molecular flexibility index (Phi) is 8.05. The van der Waals surface area contributed by atoms with E-state index in [1.165, 1.54) is 104 Å². The molecular weight excluding hydrogens is 775 g/mol. The zero-order chi connectivity index (χ0) is 43.4. The molecule has 0 radical (unpaired) electrons. The van der Waals surface area contributed by atoms with Gasteiger partial charge in [0.1, 0.15) is 5.58 Å². The van der Waals surface area contributed by atoms with Gasteiger partial charge in [-0.15, -0.1) is 0 Å². The molecule has 4 fully saturated rings. The monoisotopic (exact) mass is 833 g/mol. The molecule has 4 saturated carbocycles. The summed E-state index contributed by atoms with van der Waals surface area (Å²) in [6.07, 6.45) is 6.93. The van der Waals surface area contributed by atoms with Crippen molar-refractivity contribution in [1.82, 2.24) is 0 Å². The molecule has 0 aliphatic heterocycles. The SMILES string of the molecule is CC(C)c1cc(-c2ccc(C(C)(C)C)cc2)cc2c1oc1c(N(c3ccc4c(c3)C(C)(C)c3ccccc3-4)c3ccc4c(c3)C3(c5ccccc5-4)C4CC5CC(C4)CC3C5)cccc12. The molecule has 0 N–H and O–H groups in total. The van der Waals surface area contributed by atoms with Crippen LogP contribution in [0.2, 0.25) is 0 Å². The van der Waals surface area contributed by atoms with Crippen molar-refractivity contribution in [2.75, 3.05) is 4.90 Å². The van der Waals surface area contributed by atoms with Crippen molar-refractivity contribution in [3.8, 4) is 33.4 Å². The van der Waals surface area contributed by atoms with Gasteiger partial charge >= 0.3 is 0 Å². The molecule has 0 amide bonds. The van der Waals surface area contributed by atoms with E-state index >= 15 is 0 Å². The highest BCUT2D eigenvalue weighted by Crippen LogP contribution is 2.70. The zero-order valence-electron chi connectivity index (χ0n) is 38.6. The van der Waals surface area contributed by atoms with E-state index in [2.05, 4.69) is 193 Å². The second-order valence-electron chi connectivity index (χ2n) is 22.4. The fraction of sp³-hybridized carbons (Fsp3) is 0.323. The smallest absolute Gasteiger partial charge is 0.159 e. The first-order valence-corrected chi connectivity index (χ1v) is 24.3. The van der Waals surface area contributed by atoms with Crippen LogP contribution in [-0.2, 0) is 16.2 Å². The van der Waals surface area contributed by atoms with E-state index in [0.29, 0.717) is 11.8 Å². The van der Waals surface area contributed by atoms with Crippen molar-refractivity contribution < 1.29 is 4.42 Å². The lowest BCUT2D eigenvalue weighted by atomic mass is 9.43. The van der Waals surface area contributed by atoms with Crippen LogP contribution in [0.5, 0.6) is 0 Å². The summed E-state index contributed by atoms with van der Waals surface area (Å²) in [6, 6.07) is 54.1. The highest BCUT2D eigenvalue weighted by atomic mass is 16.3. The molecular formula is C62H59NO. The molecule has 0 atom stereocenters. The van der Waals surface area contributed by atoms with E-state index in [-0.39, 0.29) is 22.2 Å². The standard InChI is InChI=1S/C62H59NO/c1-36(2)51-32-40(39-19-21-41(22-20-39)60(3,4)5)33-52-50-15-12-18-57(59(50)64-58(51)52)63(44-23-25-48-46-13-8-10-16-53(46)61(6,7)55(48)34-44)45-24-26-49-47-14-9-11-17-54(47)62(56(49)35-45)42-28-37-27-38(30-42)31-43(62)29-37/h8-26,32-38,42-43H,27-31H2,1-7H3. The number of anilines is 3. The Labute approximate surface area is 379 Å². The fourth-order valence-electron chi connectivity index (χ4n) is 14.4. The van der Waals surface area contributed by atoms with Gasteiger partial charge in [-0.2, -0.15) is 0 Å². The summed E-state index contributed by atoms with van der Waals surface area (Å²) in [6.45, 7) is 16.3. The Hall–Kier alpha value is -5.86. The third kappa shape index (κ3) is 5.26. The van der Waals surface area contributed by atoms with E-state index in [9.17, 15) is 0 Å². The van der Waals surface area contributed by atoms with Gasteiger partial charge in [0.15, 0.2) is 5.58 Å². The van der Waals surface area contributed by atoms with E-state index in [1.807, 2.05) is 0 Å². The second-order valence-corrected chi connectivity index (χ2v) is 22.4. The van der Waals surface area contributed by atoms with E-state index in [0.717, 1.165) is 34.1 Å². The first kappa shape index (κ1) is 38.6. The van der Waals surface area contributed by atoms with E-state index < -0.39 is 0 Å². The summed E-state index contributed by atoms with van der Waals surface area (Å²) in [5.41, 5.74) is 22.1. The highest BCUT2D eigenvalue weighted by molar-refractivity contribution is 6.12. The molecule has 8 aromatic rings. The Bertz CT molecular complexity index is 3190. The summed E-state index contributed by atoms with van der Waals surface area (Å²) < 4.78 is 7.33. The molecule has 7 aromatic carbocycles. The number of benzene rings is 7. The number of para-hydroxylation sites is 1. The maximum atomic E-state index is 7.33. The maximum absolute atomic E-state index is 7.33. The third-order valence-electron chi connectivity index (χ3n) is 17.2. The minimum atomic E-state index is -0.128. The number of fused-ring (bicyclic) bond motifs is 9. The highest BCUT2D eigenvalue weighted by Gasteiger charge is 2.61. The van der Waals surface area contributed by atoms with E-state index in [4.69, 9.17) is 4.42 Å². The van der Waals surface area contributed by atoms with Crippen LogP contribution < -0.4 is 4.90 Å². The van der Waals surface area contributed by atoms with Gasteiger partial charge in [0, 0.05) is 33.0 Å². The number of nitrogens with zero attached hydrogens (tertiary/aromatic N) is 1. The van der Waals surface area contributed by atoms with Gasteiger partial charge in [-0.1, -0.05) is 146 Å². The lowest BCUT2D eigenvalue weighted by Crippen LogP contribution is -2.55. The van der Waals surface area contributed by atoms with Crippen LogP contribution in [0.15, 0.2) is 144 Å². The molecule has 14 rings (SSSR count). The maximum Gasteiger partial charge on any atom is 0.159 e. The Morgan fingerprint density at radius 3 is 1.78 bits per heavy atom. The number of furan rings is 1. The second kappa shape index (κ2) is 13.4. The molecule has 64 heavy (non-hydrogen) atoms. The first-order valence-electron chi connectivity index (χ1n) is 24.3. The summed E-state index contributed by atoms with van der Waals surface area (Å²) in [4.78, 5) is 2.55. The van der Waals surface area contributed by atoms with Crippen LogP contribution in [0.3, 0.4) is 0 Å². The van der Waals surface area contributed by atoms with Crippen molar-refractivity contribution in [2.45, 2.75) is 103 Å². The first-order chi connectivity index (χ1) is 30.9. The number of hydrogen-bond acceptors (Lipinski definition) is 2. The predicted molar refractivity (Wildman–Crippen MR) is 267 cm³/mol. The average molecular weight is 834 g/mol. The van der Waals surface area contributed by atoms with Gasteiger partial charge in [0.2, 0.25) is 0 Å².